The Balaban J connectivity index is 2.49. The molecule has 1 N–H and O–H groups in total. The Kier molecular flexibility index (Phi) is 5.55. The lowest BCUT2D eigenvalue weighted by Gasteiger charge is -2.07. The second-order valence-corrected chi connectivity index (χ2v) is 4.66. The average molecular weight is 298 g/mol. The van der Waals surface area contributed by atoms with E-state index in [1.54, 1.807) is 0 Å². The summed E-state index contributed by atoms with van der Waals surface area (Å²) in [7, 11) is 0. The van der Waals surface area contributed by atoms with Crippen LogP contribution >= 0.6 is 11.8 Å². The van der Waals surface area contributed by atoms with Crippen molar-refractivity contribution in [3.63, 3.8) is 0 Å². The Morgan fingerprint density at radius 1 is 1.37 bits per heavy atom. The molecule has 106 valence electrons. The highest BCUT2D eigenvalue weighted by Gasteiger charge is 2.27. The fraction of sp³-hybridized carbons (Fsp3) is 0.400. The van der Waals surface area contributed by atoms with Gasteiger partial charge in [-0.05, 0) is 23.9 Å². The number of benzene rings is 1. The van der Waals surface area contributed by atoms with Crippen LogP contribution in [0.2, 0.25) is 0 Å². The molecule has 0 fully saturated rings. The van der Waals surface area contributed by atoms with E-state index in [2.05, 4.69) is 5.32 Å². The van der Waals surface area contributed by atoms with Crippen molar-refractivity contribution in [2.45, 2.75) is 12.1 Å². The van der Waals surface area contributed by atoms with Crippen LogP contribution < -0.4 is 5.32 Å². The third kappa shape index (κ3) is 5.88. The molecule has 0 heterocycles. The van der Waals surface area contributed by atoms with Crippen molar-refractivity contribution in [2.24, 2.45) is 0 Å². The minimum Gasteiger partial charge on any atom is -0.312 e. The topological polar surface area (TPSA) is 55.2 Å². The molecule has 0 saturated carbocycles. The average Bonchev–Trinajstić information content (AvgIpc) is 2.26. The smallest absolute Gasteiger partial charge is 0.312 e. The molecule has 0 amide bonds. The van der Waals surface area contributed by atoms with Gasteiger partial charge in [-0.3, -0.25) is 10.1 Å². The molecular formula is C10H10F4N2O2S. The fourth-order valence-electron chi connectivity index (χ4n) is 1.34. The minimum absolute atomic E-state index is 0.0118. The summed E-state index contributed by atoms with van der Waals surface area (Å²) in [4.78, 5) is 9.99. The summed E-state index contributed by atoms with van der Waals surface area (Å²) < 4.78 is 48.4. The Morgan fingerprint density at radius 2 is 2.05 bits per heavy atom. The number of hydrogen-bond acceptors (Lipinski definition) is 4. The predicted molar refractivity (Wildman–Crippen MR) is 63.3 cm³/mol. The molecule has 0 aliphatic carbocycles. The first kappa shape index (κ1) is 15.7. The van der Waals surface area contributed by atoms with Crippen LogP contribution in [-0.4, -0.2) is 22.7 Å². The van der Waals surface area contributed by atoms with Crippen molar-refractivity contribution < 1.29 is 22.5 Å². The van der Waals surface area contributed by atoms with Crippen LogP contribution in [0.3, 0.4) is 0 Å². The summed E-state index contributed by atoms with van der Waals surface area (Å²) >= 11 is -0.188. The van der Waals surface area contributed by atoms with Gasteiger partial charge in [0.05, 0.1) is 4.92 Å². The number of thioether (sulfide) groups is 1. The molecule has 0 bridgehead atoms. The van der Waals surface area contributed by atoms with Crippen LogP contribution in [0.5, 0.6) is 0 Å². The minimum atomic E-state index is -4.30. The lowest BCUT2D eigenvalue weighted by atomic mass is 10.2. The molecule has 4 nitrogen and oxygen atoms in total. The van der Waals surface area contributed by atoms with Crippen LogP contribution in [0.15, 0.2) is 18.2 Å². The van der Waals surface area contributed by atoms with Crippen molar-refractivity contribution in [3.8, 4) is 0 Å². The first-order valence-electron chi connectivity index (χ1n) is 5.14. The quantitative estimate of drug-likeness (QED) is 0.379. The maximum atomic E-state index is 12.9. The zero-order valence-corrected chi connectivity index (χ0v) is 10.4. The van der Waals surface area contributed by atoms with Gasteiger partial charge in [0.1, 0.15) is 5.82 Å². The van der Waals surface area contributed by atoms with Gasteiger partial charge in [-0.2, -0.15) is 13.2 Å². The van der Waals surface area contributed by atoms with Crippen molar-refractivity contribution in [2.75, 3.05) is 12.3 Å². The third-order valence-corrected chi connectivity index (χ3v) is 2.83. The van der Waals surface area contributed by atoms with Gasteiger partial charge >= 0.3 is 5.51 Å². The van der Waals surface area contributed by atoms with Gasteiger partial charge in [0.25, 0.3) is 5.69 Å². The summed E-state index contributed by atoms with van der Waals surface area (Å²) in [6.45, 7) is -0.0513. The maximum Gasteiger partial charge on any atom is 0.441 e. The molecule has 0 aliphatic heterocycles. The predicted octanol–water partition coefficient (Wildman–Crippen LogP) is 3.08. The van der Waals surface area contributed by atoms with E-state index in [9.17, 15) is 27.7 Å². The SMILES string of the molecule is O=[N+]([O-])c1ccc(F)cc1CNCCSC(F)(F)F. The first-order valence-corrected chi connectivity index (χ1v) is 6.12. The van der Waals surface area contributed by atoms with Gasteiger partial charge in [-0.15, -0.1) is 0 Å². The van der Waals surface area contributed by atoms with Gasteiger partial charge in [0.15, 0.2) is 0 Å². The molecule has 19 heavy (non-hydrogen) atoms. The second-order valence-electron chi connectivity index (χ2n) is 3.50. The Labute approximate surface area is 110 Å². The molecular weight excluding hydrogens is 288 g/mol. The number of nitro benzene ring substituents is 1. The number of hydrogen-bond donors (Lipinski definition) is 1. The highest BCUT2D eigenvalue weighted by Crippen LogP contribution is 2.29. The van der Waals surface area contributed by atoms with E-state index >= 15 is 0 Å². The normalized spacial score (nSPS) is 11.6. The van der Waals surface area contributed by atoms with Crippen LogP contribution in [0.25, 0.3) is 0 Å². The zero-order valence-electron chi connectivity index (χ0n) is 9.54. The summed E-state index contributed by atoms with van der Waals surface area (Å²) in [5.41, 5.74) is -4.47. The fourth-order valence-corrected chi connectivity index (χ4v) is 1.81. The van der Waals surface area contributed by atoms with E-state index in [1.807, 2.05) is 0 Å². The van der Waals surface area contributed by atoms with E-state index in [0.29, 0.717) is 0 Å². The van der Waals surface area contributed by atoms with Gasteiger partial charge < -0.3 is 5.32 Å². The zero-order chi connectivity index (χ0) is 14.5. The molecule has 0 radical (unpaired) electrons. The van der Waals surface area contributed by atoms with Gasteiger partial charge in [0.2, 0.25) is 0 Å². The third-order valence-electron chi connectivity index (χ3n) is 2.10. The monoisotopic (exact) mass is 298 g/mol. The lowest BCUT2D eigenvalue weighted by molar-refractivity contribution is -0.385. The molecule has 0 saturated heterocycles. The molecule has 1 aromatic rings. The largest absolute Gasteiger partial charge is 0.441 e. The Morgan fingerprint density at radius 3 is 2.63 bits per heavy atom. The van der Waals surface area contributed by atoms with Crippen LogP contribution in [0.4, 0.5) is 23.2 Å². The Bertz CT molecular complexity index is 454. The highest BCUT2D eigenvalue weighted by molar-refractivity contribution is 8.00. The van der Waals surface area contributed by atoms with E-state index in [4.69, 9.17) is 0 Å². The first-order chi connectivity index (χ1) is 8.79. The van der Waals surface area contributed by atoms with Gasteiger partial charge in [-0.25, -0.2) is 4.39 Å². The number of nitro groups is 1. The summed E-state index contributed by atoms with van der Waals surface area (Å²) in [6.07, 6.45) is 0. The molecule has 0 unspecified atom stereocenters. The van der Waals surface area contributed by atoms with Crippen LogP contribution in [-0.2, 0) is 6.54 Å². The second kappa shape index (κ2) is 6.71. The van der Waals surface area contributed by atoms with Crippen LogP contribution in [0, 0.1) is 15.9 Å². The van der Waals surface area contributed by atoms with E-state index in [-0.39, 0.29) is 41.9 Å². The molecule has 0 atom stereocenters. The molecule has 0 aliphatic rings. The van der Waals surface area contributed by atoms with E-state index in [1.165, 1.54) is 0 Å². The van der Waals surface area contributed by atoms with Crippen molar-refractivity contribution in [1.29, 1.82) is 0 Å². The number of alkyl halides is 3. The van der Waals surface area contributed by atoms with Crippen LogP contribution in [0.1, 0.15) is 5.56 Å². The van der Waals surface area contributed by atoms with Crippen molar-refractivity contribution in [1.82, 2.24) is 5.32 Å². The number of halogens is 4. The summed E-state index contributed by atoms with van der Waals surface area (Å²) in [6, 6.07) is 2.97. The standard InChI is InChI=1S/C10H10F4N2O2S/c11-8-1-2-9(16(17)18)7(5-8)6-15-3-4-19-10(12,13)14/h1-2,5,15H,3-4,6H2. The maximum absolute atomic E-state index is 12.9. The highest BCUT2D eigenvalue weighted by atomic mass is 32.2. The lowest BCUT2D eigenvalue weighted by Crippen LogP contribution is -2.19. The van der Waals surface area contributed by atoms with E-state index in [0.717, 1.165) is 18.2 Å². The molecule has 1 rings (SSSR count). The number of nitrogens with one attached hydrogen (secondary N) is 1. The number of rotatable bonds is 6. The van der Waals surface area contributed by atoms with Gasteiger partial charge in [0, 0.05) is 30.5 Å². The molecule has 0 aromatic heterocycles. The molecule has 9 heteroatoms. The molecule has 0 spiro atoms. The molecule has 1 aromatic carbocycles. The van der Waals surface area contributed by atoms with E-state index < -0.39 is 16.2 Å². The summed E-state index contributed by atoms with van der Waals surface area (Å²) in [5, 5.41) is 13.3. The van der Waals surface area contributed by atoms with Crippen molar-refractivity contribution in [3.05, 3.63) is 39.7 Å². The number of nitrogens with zero attached hydrogens (tertiary/aromatic N) is 1. The summed E-state index contributed by atoms with van der Waals surface area (Å²) in [5.74, 6) is -0.848. The van der Waals surface area contributed by atoms with Gasteiger partial charge in [-0.1, -0.05) is 0 Å². The van der Waals surface area contributed by atoms with Crippen molar-refractivity contribution >= 4 is 17.4 Å². The Hall–Kier alpha value is -1.35.